The molecule has 3 nitrogen and oxygen atoms in total. The Labute approximate surface area is 110 Å². The number of halogens is 2. The number of benzene rings is 1. The molecule has 1 aliphatic rings. The SMILES string of the molecule is CC(O)(CNC(=O)c1ccc(F)cc1Cl)C1CC1. The summed E-state index contributed by atoms with van der Waals surface area (Å²) in [6.07, 6.45) is 1.97. The number of aliphatic hydroxyl groups is 1. The molecule has 0 spiro atoms. The van der Waals surface area contributed by atoms with E-state index >= 15 is 0 Å². The fourth-order valence-electron chi connectivity index (χ4n) is 1.88. The highest BCUT2D eigenvalue weighted by Crippen LogP contribution is 2.39. The van der Waals surface area contributed by atoms with Gasteiger partial charge in [-0.1, -0.05) is 11.6 Å². The smallest absolute Gasteiger partial charge is 0.252 e. The molecule has 1 aromatic carbocycles. The largest absolute Gasteiger partial charge is 0.388 e. The average molecular weight is 272 g/mol. The molecule has 2 rings (SSSR count). The van der Waals surface area contributed by atoms with Crippen molar-refractivity contribution in [1.29, 1.82) is 0 Å². The van der Waals surface area contributed by atoms with E-state index in [9.17, 15) is 14.3 Å². The summed E-state index contributed by atoms with van der Waals surface area (Å²) in [5.41, 5.74) is -0.674. The molecule has 2 N–H and O–H groups in total. The van der Waals surface area contributed by atoms with Crippen LogP contribution in [0.2, 0.25) is 5.02 Å². The number of carbonyl (C=O) groups excluding carboxylic acids is 1. The van der Waals surface area contributed by atoms with Crippen LogP contribution in [0.5, 0.6) is 0 Å². The molecule has 0 heterocycles. The summed E-state index contributed by atoms with van der Waals surface area (Å²) in [7, 11) is 0. The Kier molecular flexibility index (Phi) is 3.59. The van der Waals surface area contributed by atoms with E-state index in [0.717, 1.165) is 18.9 Å². The minimum Gasteiger partial charge on any atom is -0.388 e. The van der Waals surface area contributed by atoms with Crippen molar-refractivity contribution in [2.45, 2.75) is 25.4 Å². The normalized spacial score (nSPS) is 18.2. The van der Waals surface area contributed by atoms with Crippen LogP contribution in [-0.2, 0) is 0 Å². The number of amides is 1. The zero-order valence-electron chi connectivity index (χ0n) is 10.0. The van der Waals surface area contributed by atoms with E-state index in [0.29, 0.717) is 0 Å². The van der Waals surface area contributed by atoms with E-state index in [4.69, 9.17) is 11.6 Å². The van der Waals surface area contributed by atoms with Crippen molar-refractivity contribution < 1.29 is 14.3 Å². The van der Waals surface area contributed by atoms with Gasteiger partial charge in [0.05, 0.1) is 16.2 Å². The lowest BCUT2D eigenvalue weighted by molar-refractivity contribution is 0.0354. The Hall–Kier alpha value is -1.13. The molecule has 1 amide bonds. The number of nitrogens with one attached hydrogen (secondary N) is 1. The first-order valence-corrected chi connectivity index (χ1v) is 6.23. The van der Waals surface area contributed by atoms with Gasteiger partial charge in [-0.05, 0) is 43.9 Å². The number of rotatable bonds is 4. The van der Waals surface area contributed by atoms with Crippen molar-refractivity contribution in [3.8, 4) is 0 Å². The van der Waals surface area contributed by atoms with Gasteiger partial charge in [0.1, 0.15) is 5.82 Å². The maximum absolute atomic E-state index is 12.8. The minimum atomic E-state index is -0.887. The van der Waals surface area contributed by atoms with Gasteiger partial charge in [0, 0.05) is 6.54 Å². The van der Waals surface area contributed by atoms with Gasteiger partial charge in [-0.15, -0.1) is 0 Å². The quantitative estimate of drug-likeness (QED) is 0.883. The van der Waals surface area contributed by atoms with Gasteiger partial charge in [-0.3, -0.25) is 4.79 Å². The molecule has 18 heavy (non-hydrogen) atoms. The van der Waals surface area contributed by atoms with Crippen LogP contribution in [0.4, 0.5) is 4.39 Å². The summed E-state index contributed by atoms with van der Waals surface area (Å²) >= 11 is 5.79. The average Bonchev–Trinajstić information content (AvgIpc) is 3.10. The van der Waals surface area contributed by atoms with Crippen LogP contribution in [0, 0.1) is 11.7 Å². The predicted octanol–water partition coefficient (Wildman–Crippen LogP) is 2.37. The van der Waals surface area contributed by atoms with Crippen molar-refractivity contribution in [2.24, 2.45) is 5.92 Å². The number of hydrogen-bond donors (Lipinski definition) is 2. The summed E-state index contributed by atoms with van der Waals surface area (Å²) in [6, 6.07) is 3.61. The molecule has 0 saturated heterocycles. The molecule has 0 aromatic heterocycles. The maximum Gasteiger partial charge on any atom is 0.252 e. The van der Waals surface area contributed by atoms with Crippen molar-refractivity contribution in [3.63, 3.8) is 0 Å². The van der Waals surface area contributed by atoms with Crippen LogP contribution >= 0.6 is 11.6 Å². The van der Waals surface area contributed by atoms with E-state index in [-0.39, 0.29) is 23.0 Å². The third kappa shape index (κ3) is 3.00. The van der Waals surface area contributed by atoms with Crippen LogP contribution < -0.4 is 5.32 Å². The van der Waals surface area contributed by atoms with Crippen LogP contribution in [-0.4, -0.2) is 23.2 Å². The Balaban J connectivity index is 1.99. The fraction of sp³-hybridized carbons (Fsp3) is 0.462. The van der Waals surface area contributed by atoms with Crippen LogP contribution in [0.1, 0.15) is 30.1 Å². The third-order valence-corrected chi connectivity index (χ3v) is 3.55. The van der Waals surface area contributed by atoms with Crippen LogP contribution in [0.3, 0.4) is 0 Å². The highest BCUT2D eigenvalue weighted by atomic mass is 35.5. The van der Waals surface area contributed by atoms with E-state index in [1.807, 2.05) is 0 Å². The molecule has 1 unspecified atom stereocenters. The van der Waals surface area contributed by atoms with Gasteiger partial charge in [0.15, 0.2) is 0 Å². The van der Waals surface area contributed by atoms with Gasteiger partial charge in [-0.25, -0.2) is 4.39 Å². The second-order valence-corrected chi connectivity index (χ2v) is 5.35. The molecule has 1 atom stereocenters. The van der Waals surface area contributed by atoms with E-state index < -0.39 is 17.3 Å². The van der Waals surface area contributed by atoms with Crippen molar-refractivity contribution in [3.05, 3.63) is 34.6 Å². The summed E-state index contributed by atoms with van der Waals surface area (Å²) in [6.45, 7) is 1.88. The molecule has 1 saturated carbocycles. The molecule has 0 aliphatic heterocycles. The zero-order chi connectivity index (χ0) is 13.3. The lowest BCUT2D eigenvalue weighted by atomic mass is 10.0. The first kappa shape index (κ1) is 13.3. The summed E-state index contributed by atoms with van der Waals surface area (Å²) < 4.78 is 12.8. The van der Waals surface area contributed by atoms with E-state index in [1.165, 1.54) is 12.1 Å². The van der Waals surface area contributed by atoms with Gasteiger partial charge >= 0.3 is 0 Å². The van der Waals surface area contributed by atoms with Crippen molar-refractivity contribution in [1.82, 2.24) is 5.32 Å². The van der Waals surface area contributed by atoms with Crippen molar-refractivity contribution >= 4 is 17.5 Å². The van der Waals surface area contributed by atoms with E-state index in [2.05, 4.69) is 5.32 Å². The molecule has 0 bridgehead atoms. The Morgan fingerprint density at radius 2 is 2.28 bits per heavy atom. The molecule has 1 fully saturated rings. The first-order chi connectivity index (χ1) is 8.40. The molecular weight excluding hydrogens is 257 g/mol. The lowest BCUT2D eigenvalue weighted by Gasteiger charge is -2.23. The predicted molar refractivity (Wildman–Crippen MR) is 67.1 cm³/mol. The second-order valence-electron chi connectivity index (χ2n) is 4.94. The zero-order valence-corrected chi connectivity index (χ0v) is 10.8. The maximum atomic E-state index is 12.8. The fourth-order valence-corrected chi connectivity index (χ4v) is 2.13. The highest BCUT2D eigenvalue weighted by Gasteiger charge is 2.40. The van der Waals surface area contributed by atoms with Crippen LogP contribution in [0.15, 0.2) is 18.2 Å². The minimum absolute atomic E-state index is 0.0681. The van der Waals surface area contributed by atoms with E-state index in [1.54, 1.807) is 6.92 Å². The Morgan fingerprint density at radius 1 is 1.61 bits per heavy atom. The Morgan fingerprint density at radius 3 is 2.83 bits per heavy atom. The molecule has 98 valence electrons. The number of carbonyl (C=O) groups is 1. The summed E-state index contributed by atoms with van der Waals surface area (Å²) in [4.78, 5) is 11.8. The third-order valence-electron chi connectivity index (χ3n) is 3.24. The molecule has 1 aliphatic carbocycles. The van der Waals surface area contributed by atoms with Gasteiger partial charge in [-0.2, -0.15) is 0 Å². The monoisotopic (exact) mass is 271 g/mol. The second kappa shape index (κ2) is 4.86. The summed E-state index contributed by atoms with van der Waals surface area (Å²) in [5, 5.41) is 12.7. The van der Waals surface area contributed by atoms with Gasteiger partial charge in [0.2, 0.25) is 0 Å². The molecule has 0 radical (unpaired) electrons. The first-order valence-electron chi connectivity index (χ1n) is 5.86. The van der Waals surface area contributed by atoms with Gasteiger partial charge in [0.25, 0.3) is 5.91 Å². The summed E-state index contributed by atoms with van der Waals surface area (Å²) in [5.74, 6) is -0.635. The van der Waals surface area contributed by atoms with Crippen molar-refractivity contribution in [2.75, 3.05) is 6.54 Å². The number of hydrogen-bond acceptors (Lipinski definition) is 2. The highest BCUT2D eigenvalue weighted by molar-refractivity contribution is 6.33. The van der Waals surface area contributed by atoms with Gasteiger partial charge < -0.3 is 10.4 Å². The lowest BCUT2D eigenvalue weighted by Crippen LogP contribution is -2.42. The Bertz CT molecular complexity index is 472. The topological polar surface area (TPSA) is 49.3 Å². The molecule has 5 heteroatoms. The van der Waals surface area contributed by atoms with Crippen LogP contribution in [0.25, 0.3) is 0 Å². The molecular formula is C13H15ClFNO2. The standard InChI is InChI=1S/C13H15ClFNO2/c1-13(18,8-2-3-8)7-16-12(17)10-5-4-9(15)6-11(10)14/h4-6,8,18H,2-3,7H2,1H3,(H,16,17). The molecule has 1 aromatic rings.